The number of hydrogen-bond acceptors (Lipinski definition) is 5. The molecule has 4 bridgehead atoms. The Balaban J connectivity index is 1.41. The first kappa shape index (κ1) is 20.6. The highest BCUT2D eigenvalue weighted by molar-refractivity contribution is 5.63. The molecule has 4 saturated carbocycles. The Labute approximate surface area is 197 Å². The van der Waals surface area contributed by atoms with Gasteiger partial charge < -0.3 is 18.9 Å². The highest BCUT2D eigenvalue weighted by Crippen LogP contribution is 2.76. The van der Waals surface area contributed by atoms with Gasteiger partial charge in [0.15, 0.2) is 11.5 Å². The van der Waals surface area contributed by atoms with Crippen molar-refractivity contribution in [3.05, 3.63) is 23.3 Å². The van der Waals surface area contributed by atoms with Gasteiger partial charge in [0.25, 0.3) is 0 Å². The number of rotatable bonds is 7. The minimum Gasteiger partial charge on any atom is -0.493 e. The van der Waals surface area contributed by atoms with Crippen LogP contribution in [0, 0.1) is 29.6 Å². The molecule has 5 fully saturated rings. The fraction of sp³-hybridized carbons (Fsp3) is 0.714. The summed E-state index contributed by atoms with van der Waals surface area (Å²) in [6.45, 7) is 3.43. The molecule has 1 aromatic carbocycles. The molecule has 5 nitrogen and oxygen atoms in total. The van der Waals surface area contributed by atoms with Crippen molar-refractivity contribution in [1.82, 2.24) is 4.90 Å². The largest absolute Gasteiger partial charge is 0.493 e. The average molecular weight is 450 g/mol. The molecule has 7 aliphatic rings. The van der Waals surface area contributed by atoms with Gasteiger partial charge in [-0.25, -0.2) is 0 Å². The smallest absolute Gasteiger partial charge is 0.165 e. The van der Waals surface area contributed by atoms with Gasteiger partial charge in [-0.1, -0.05) is 12.0 Å². The van der Waals surface area contributed by atoms with Crippen molar-refractivity contribution in [1.29, 1.82) is 0 Å². The number of fused-ring (bicyclic) bond motifs is 2. The lowest BCUT2D eigenvalue weighted by Gasteiger charge is -2.74. The Kier molecular flexibility index (Phi) is 4.31. The van der Waals surface area contributed by atoms with E-state index >= 15 is 0 Å². The van der Waals surface area contributed by atoms with Crippen LogP contribution in [0.2, 0.25) is 0 Å². The molecule has 0 radical (unpaired) electrons. The molecule has 0 amide bonds. The van der Waals surface area contributed by atoms with E-state index in [9.17, 15) is 0 Å². The third kappa shape index (κ3) is 2.36. The highest BCUT2D eigenvalue weighted by atomic mass is 16.6. The topological polar surface area (TPSA) is 40.2 Å². The van der Waals surface area contributed by atoms with Crippen LogP contribution in [0.25, 0.3) is 0 Å². The zero-order valence-corrected chi connectivity index (χ0v) is 19.9. The number of methoxy groups -OCH3 is 2. The number of terminal acetylenes is 1. The first-order valence-electron chi connectivity index (χ1n) is 12.8. The number of piperidine rings is 1. The van der Waals surface area contributed by atoms with E-state index in [-0.39, 0.29) is 28.5 Å². The summed E-state index contributed by atoms with van der Waals surface area (Å²) in [5.74, 6) is 5.70. The number of benzene rings is 1. The maximum absolute atomic E-state index is 7.02. The third-order valence-electron chi connectivity index (χ3n) is 10.5. The van der Waals surface area contributed by atoms with E-state index in [1.165, 1.54) is 36.9 Å². The molecule has 0 N–H and O–H groups in total. The van der Waals surface area contributed by atoms with Crippen molar-refractivity contribution < 1.29 is 18.9 Å². The standard InChI is InChI=1S/C28H35NO4/c1-4-13-32-17-20-15-26-9-10-28(20,31-3)25-27(26)11-12-29(16-18-5-6-18)22(26)14-19-7-8-21(30-2)24(33-25)23(19)27/h1,7-8,18,20,22,25H,5-6,9-17H2,2-3H3/t20-,22-,25-,26?,27?,28-/m1/s1. The van der Waals surface area contributed by atoms with Gasteiger partial charge in [0.2, 0.25) is 0 Å². The van der Waals surface area contributed by atoms with E-state index in [4.69, 9.17) is 25.4 Å². The van der Waals surface area contributed by atoms with Gasteiger partial charge in [0, 0.05) is 42.0 Å². The molecule has 2 spiro atoms. The van der Waals surface area contributed by atoms with Crippen LogP contribution in [0.1, 0.15) is 49.7 Å². The molecular weight excluding hydrogens is 414 g/mol. The molecule has 2 unspecified atom stereocenters. The summed E-state index contributed by atoms with van der Waals surface area (Å²) in [6.07, 6.45) is 14.0. The second kappa shape index (κ2) is 6.90. The molecule has 5 aliphatic carbocycles. The molecule has 33 heavy (non-hydrogen) atoms. The van der Waals surface area contributed by atoms with E-state index in [0.717, 1.165) is 49.6 Å². The molecule has 1 saturated heterocycles. The number of hydrogen-bond donors (Lipinski definition) is 0. The quantitative estimate of drug-likeness (QED) is 0.470. The monoisotopic (exact) mass is 449 g/mol. The van der Waals surface area contributed by atoms with Crippen molar-refractivity contribution >= 4 is 0 Å². The fourth-order valence-electron chi connectivity index (χ4n) is 9.15. The zero-order chi connectivity index (χ0) is 22.4. The Bertz CT molecular complexity index is 1030. The molecule has 176 valence electrons. The fourth-order valence-corrected chi connectivity index (χ4v) is 9.15. The van der Waals surface area contributed by atoms with Crippen molar-refractivity contribution in [2.45, 2.75) is 68.1 Å². The maximum Gasteiger partial charge on any atom is 0.165 e. The second-order valence-electron chi connectivity index (χ2n) is 11.4. The van der Waals surface area contributed by atoms with Crippen LogP contribution < -0.4 is 9.47 Å². The van der Waals surface area contributed by atoms with Crippen LogP contribution in [0.15, 0.2) is 12.1 Å². The van der Waals surface area contributed by atoms with Gasteiger partial charge in [-0.2, -0.15) is 0 Å². The predicted molar refractivity (Wildman–Crippen MR) is 125 cm³/mol. The van der Waals surface area contributed by atoms with E-state index in [0.29, 0.717) is 19.3 Å². The summed E-state index contributed by atoms with van der Waals surface area (Å²) in [7, 11) is 3.65. The number of ether oxygens (including phenoxy) is 4. The number of likely N-dealkylation sites (tertiary alicyclic amines) is 1. The normalized spacial score (nSPS) is 41.9. The van der Waals surface area contributed by atoms with Crippen LogP contribution in [-0.4, -0.2) is 63.2 Å². The maximum atomic E-state index is 7.02. The summed E-state index contributed by atoms with van der Waals surface area (Å²) in [5, 5.41) is 0. The molecular formula is C28H35NO4. The third-order valence-corrected chi connectivity index (χ3v) is 10.5. The molecule has 6 atom stereocenters. The first-order valence-corrected chi connectivity index (χ1v) is 12.8. The Hall–Kier alpha value is -1.74. The summed E-state index contributed by atoms with van der Waals surface area (Å²) in [6, 6.07) is 5.01. The first-order chi connectivity index (χ1) is 16.1. The molecule has 2 aliphatic heterocycles. The highest BCUT2D eigenvalue weighted by Gasteiger charge is 2.80. The number of nitrogens with zero attached hydrogens (tertiary/aromatic N) is 1. The van der Waals surface area contributed by atoms with Gasteiger partial charge in [0.05, 0.1) is 13.7 Å². The van der Waals surface area contributed by atoms with Crippen molar-refractivity contribution in [3.8, 4) is 23.8 Å². The second-order valence-corrected chi connectivity index (χ2v) is 11.4. The van der Waals surface area contributed by atoms with E-state index in [1.807, 2.05) is 7.11 Å². The van der Waals surface area contributed by atoms with E-state index < -0.39 is 0 Å². The Morgan fingerprint density at radius 2 is 2.09 bits per heavy atom. The Morgan fingerprint density at radius 1 is 1.21 bits per heavy atom. The van der Waals surface area contributed by atoms with Crippen LogP contribution in [0.4, 0.5) is 0 Å². The van der Waals surface area contributed by atoms with Gasteiger partial charge in [-0.15, -0.1) is 6.42 Å². The molecule has 1 aromatic rings. The summed E-state index contributed by atoms with van der Waals surface area (Å²) in [4.78, 5) is 2.87. The summed E-state index contributed by atoms with van der Waals surface area (Å²) in [5.41, 5.74) is 2.78. The van der Waals surface area contributed by atoms with E-state index in [1.54, 1.807) is 7.11 Å². The van der Waals surface area contributed by atoms with Crippen LogP contribution in [-0.2, 0) is 21.3 Å². The van der Waals surface area contributed by atoms with Gasteiger partial charge in [0.1, 0.15) is 18.3 Å². The molecule has 8 rings (SSSR count). The average Bonchev–Trinajstić information content (AvgIpc) is 3.58. The summed E-state index contributed by atoms with van der Waals surface area (Å²) >= 11 is 0. The van der Waals surface area contributed by atoms with Gasteiger partial charge >= 0.3 is 0 Å². The lowest BCUT2D eigenvalue weighted by molar-refractivity contribution is -0.282. The van der Waals surface area contributed by atoms with Crippen molar-refractivity contribution in [2.75, 3.05) is 40.5 Å². The van der Waals surface area contributed by atoms with Crippen LogP contribution in [0.3, 0.4) is 0 Å². The minimum absolute atomic E-state index is 0.00600. The van der Waals surface area contributed by atoms with Gasteiger partial charge in [-0.3, -0.25) is 4.90 Å². The lowest BCUT2D eigenvalue weighted by Crippen LogP contribution is -2.81. The molecule has 0 aromatic heterocycles. The van der Waals surface area contributed by atoms with E-state index in [2.05, 4.69) is 23.0 Å². The van der Waals surface area contributed by atoms with Crippen molar-refractivity contribution in [3.63, 3.8) is 0 Å². The SMILES string of the molecule is C#CCOC[C@H]1CC23CC[C@]1(OC)[C@@H]1Oc4c(OC)ccc5c4C12CCN(CC1CC1)[C@@H]3C5. The predicted octanol–water partition coefficient (Wildman–Crippen LogP) is 3.57. The van der Waals surface area contributed by atoms with Crippen molar-refractivity contribution in [2.24, 2.45) is 17.3 Å². The van der Waals surface area contributed by atoms with Crippen LogP contribution >= 0.6 is 0 Å². The lowest BCUT2D eigenvalue weighted by atomic mass is 9.35. The zero-order valence-electron chi connectivity index (χ0n) is 19.9. The van der Waals surface area contributed by atoms with Crippen LogP contribution in [0.5, 0.6) is 11.5 Å². The molecule has 5 heteroatoms. The Morgan fingerprint density at radius 3 is 2.85 bits per heavy atom. The van der Waals surface area contributed by atoms with Gasteiger partial charge in [-0.05, 0) is 69.0 Å². The minimum atomic E-state index is -0.349. The summed E-state index contributed by atoms with van der Waals surface area (Å²) < 4.78 is 25.4. The molecule has 2 heterocycles.